The zero-order chi connectivity index (χ0) is 51.4. The maximum atomic E-state index is 13.3. The summed E-state index contributed by atoms with van der Waals surface area (Å²) in [5, 5.41) is 98.2. The van der Waals surface area contributed by atoms with Crippen LogP contribution in [0.5, 0.6) is 0 Å². The Morgan fingerprint density at radius 3 is 1.43 bits per heavy atom. The van der Waals surface area contributed by atoms with Gasteiger partial charge in [-0.05, 0) is 18.8 Å². The van der Waals surface area contributed by atoms with Crippen LogP contribution >= 0.6 is 0 Å². The Labute approximate surface area is 424 Å². The lowest BCUT2D eigenvalue weighted by Crippen LogP contribution is -2.61. The first-order chi connectivity index (χ1) is 33.8. The third-order valence-corrected chi connectivity index (χ3v) is 14.9. The molecule has 2 aliphatic rings. The maximum absolute atomic E-state index is 13.3. The minimum Gasteiger partial charge on any atom is -0.390 e. The molecule has 0 saturated carbocycles. The van der Waals surface area contributed by atoms with Crippen LogP contribution in [-0.4, -0.2) is 151 Å². The molecule has 0 bridgehead atoms. The molecule has 2 aliphatic heterocycles. The van der Waals surface area contributed by atoms with E-state index in [0.29, 0.717) is 12.8 Å². The van der Waals surface area contributed by atoms with Crippen LogP contribution in [0.25, 0.3) is 0 Å². The van der Waals surface area contributed by atoms with E-state index in [9.17, 15) is 50.8 Å². The number of amides is 1. The SMILES string of the molecule is CCCCCCCCCCCCCCCCCCCCCC[C@@H](O)C(=O)N[C@@H](CO[C@@H]1O[C@H](CO[C@@H]2OC[C@@H](O)[C@@H](O)[C@@H]2O)[C@@H](O)[C@H](O)[C@H]1O)[C@H](O)[C@H](O)CCCCCCCCCCCCC(C)CC. The van der Waals surface area contributed by atoms with Crippen LogP contribution in [0.2, 0.25) is 0 Å². The van der Waals surface area contributed by atoms with Crippen LogP contribution in [0, 0.1) is 5.92 Å². The Kier molecular flexibility index (Phi) is 38.3. The minimum absolute atomic E-state index is 0.223. The fraction of sp³-hybridized carbons (Fsp3) is 0.982. The predicted molar refractivity (Wildman–Crippen MR) is 274 cm³/mol. The second kappa shape index (κ2) is 41.2. The first-order valence-electron chi connectivity index (χ1n) is 28.7. The van der Waals surface area contributed by atoms with Gasteiger partial charge in [-0.3, -0.25) is 4.79 Å². The molecular weight excluding hydrogens is 899 g/mol. The van der Waals surface area contributed by atoms with Gasteiger partial charge in [0.05, 0.1) is 32.0 Å². The number of aliphatic hydroxyl groups is 9. The van der Waals surface area contributed by atoms with Crippen LogP contribution in [0.1, 0.15) is 239 Å². The van der Waals surface area contributed by atoms with Crippen LogP contribution in [0.4, 0.5) is 0 Å². The van der Waals surface area contributed by atoms with Gasteiger partial charge in [0.25, 0.3) is 0 Å². The van der Waals surface area contributed by atoms with Crippen LogP contribution in [0.3, 0.4) is 0 Å². The molecular formula is C55H107NO14. The van der Waals surface area contributed by atoms with Crippen molar-refractivity contribution >= 4 is 5.91 Å². The number of nitrogens with one attached hydrogen (secondary N) is 1. The quantitative estimate of drug-likeness (QED) is 0.0262. The summed E-state index contributed by atoms with van der Waals surface area (Å²) in [5.41, 5.74) is 0. The molecule has 2 saturated heterocycles. The van der Waals surface area contributed by atoms with Crippen molar-refractivity contribution in [2.45, 2.75) is 319 Å². The average Bonchev–Trinajstić information content (AvgIpc) is 3.35. The van der Waals surface area contributed by atoms with Gasteiger partial charge in [-0.15, -0.1) is 0 Å². The van der Waals surface area contributed by atoms with Crippen LogP contribution < -0.4 is 5.32 Å². The molecule has 0 spiro atoms. The molecule has 0 aromatic carbocycles. The van der Waals surface area contributed by atoms with Crippen molar-refractivity contribution in [2.75, 3.05) is 19.8 Å². The average molecular weight is 1010 g/mol. The molecule has 70 heavy (non-hydrogen) atoms. The second-order valence-corrected chi connectivity index (χ2v) is 21.3. The van der Waals surface area contributed by atoms with Crippen molar-refractivity contribution in [3.8, 4) is 0 Å². The highest BCUT2D eigenvalue weighted by Crippen LogP contribution is 2.26. The molecule has 1 unspecified atom stereocenters. The highest BCUT2D eigenvalue weighted by Gasteiger charge is 2.46. The van der Waals surface area contributed by atoms with Crippen molar-refractivity contribution in [3.05, 3.63) is 0 Å². The van der Waals surface area contributed by atoms with E-state index >= 15 is 0 Å². The Morgan fingerprint density at radius 2 is 0.957 bits per heavy atom. The van der Waals surface area contributed by atoms with Crippen molar-refractivity contribution in [1.82, 2.24) is 5.32 Å². The Hall–Kier alpha value is -1.05. The van der Waals surface area contributed by atoms with E-state index in [1.807, 2.05) is 0 Å². The molecule has 14 atom stereocenters. The zero-order valence-electron chi connectivity index (χ0n) is 44.3. The number of ether oxygens (including phenoxy) is 4. The monoisotopic (exact) mass is 1010 g/mol. The summed E-state index contributed by atoms with van der Waals surface area (Å²) in [6.45, 7) is 5.53. The van der Waals surface area contributed by atoms with Gasteiger partial charge in [0, 0.05) is 0 Å². The number of hydrogen-bond acceptors (Lipinski definition) is 14. The topological polar surface area (TPSA) is 248 Å². The van der Waals surface area contributed by atoms with Gasteiger partial charge in [0.1, 0.15) is 54.9 Å². The third kappa shape index (κ3) is 28.6. The van der Waals surface area contributed by atoms with Gasteiger partial charge in [0.15, 0.2) is 12.6 Å². The molecule has 416 valence electrons. The normalized spacial score (nSPS) is 26.2. The smallest absolute Gasteiger partial charge is 0.249 e. The van der Waals surface area contributed by atoms with Crippen molar-refractivity contribution < 1.29 is 69.7 Å². The zero-order valence-corrected chi connectivity index (χ0v) is 44.3. The fourth-order valence-corrected chi connectivity index (χ4v) is 9.64. The van der Waals surface area contributed by atoms with Gasteiger partial charge in [-0.25, -0.2) is 0 Å². The van der Waals surface area contributed by atoms with Crippen molar-refractivity contribution in [3.63, 3.8) is 0 Å². The summed E-state index contributed by atoms with van der Waals surface area (Å²) in [6.07, 6.45) is 21.2. The summed E-state index contributed by atoms with van der Waals surface area (Å²) in [6, 6.07) is -1.24. The van der Waals surface area contributed by atoms with Gasteiger partial charge < -0.3 is 70.2 Å². The molecule has 10 N–H and O–H groups in total. The summed E-state index contributed by atoms with van der Waals surface area (Å²) >= 11 is 0. The molecule has 0 aromatic rings. The molecule has 1 amide bonds. The summed E-state index contributed by atoms with van der Waals surface area (Å²) in [5.74, 6) is 0.0728. The number of unbranched alkanes of at least 4 members (excludes halogenated alkanes) is 28. The molecule has 0 radical (unpaired) electrons. The summed E-state index contributed by atoms with van der Waals surface area (Å²) in [7, 11) is 0. The van der Waals surface area contributed by atoms with Gasteiger partial charge in [-0.1, -0.05) is 226 Å². The van der Waals surface area contributed by atoms with E-state index in [4.69, 9.17) is 18.9 Å². The lowest BCUT2D eigenvalue weighted by Gasteiger charge is -2.42. The first-order valence-corrected chi connectivity index (χ1v) is 28.7. The molecule has 2 rings (SSSR count). The van der Waals surface area contributed by atoms with Crippen molar-refractivity contribution in [1.29, 1.82) is 0 Å². The van der Waals surface area contributed by atoms with Gasteiger partial charge >= 0.3 is 0 Å². The first kappa shape index (κ1) is 65.1. The molecule has 15 nitrogen and oxygen atoms in total. The van der Waals surface area contributed by atoms with E-state index in [0.717, 1.165) is 44.4 Å². The van der Waals surface area contributed by atoms with Crippen molar-refractivity contribution in [2.24, 2.45) is 5.92 Å². The highest BCUT2D eigenvalue weighted by molar-refractivity contribution is 5.80. The number of carbonyl (C=O) groups is 1. The Morgan fingerprint density at radius 1 is 0.529 bits per heavy atom. The van der Waals surface area contributed by atoms with Gasteiger partial charge in [-0.2, -0.15) is 0 Å². The van der Waals surface area contributed by atoms with E-state index in [1.165, 1.54) is 154 Å². The molecule has 2 fully saturated rings. The van der Waals surface area contributed by atoms with Crippen LogP contribution in [-0.2, 0) is 23.7 Å². The summed E-state index contributed by atoms with van der Waals surface area (Å²) < 4.78 is 22.3. The third-order valence-electron chi connectivity index (χ3n) is 14.9. The van der Waals surface area contributed by atoms with Crippen LogP contribution in [0.15, 0.2) is 0 Å². The standard InChI is InChI=1S/C55H107NO14/c1-4-6-7-8-9-10-11-12-13-14-15-16-17-18-19-20-25-28-31-34-37-44(58)53(66)56-42(47(60)43(57)36-33-30-27-24-22-21-23-26-29-32-35-41(3)5-2)38-67-55-52(65)50(63)49(62)46(70-55)40-69-54-51(64)48(61)45(59)39-68-54/h41-52,54-55,57-65H,4-40H2,1-3H3,(H,56,66)/t41?,42-,43+,44+,45+,46+,47-,48+,49+,50-,51-,52+,54-,55+/m0/s1. The highest BCUT2D eigenvalue weighted by atomic mass is 16.7. The minimum atomic E-state index is -1.77. The lowest BCUT2D eigenvalue weighted by molar-refractivity contribution is -0.322. The molecule has 0 aliphatic carbocycles. The van der Waals surface area contributed by atoms with E-state index in [-0.39, 0.29) is 19.4 Å². The number of aliphatic hydroxyl groups excluding tert-OH is 9. The molecule has 2 heterocycles. The fourth-order valence-electron chi connectivity index (χ4n) is 9.64. The molecule has 0 aromatic heterocycles. The van der Waals surface area contributed by atoms with E-state index in [1.54, 1.807) is 0 Å². The summed E-state index contributed by atoms with van der Waals surface area (Å²) in [4.78, 5) is 13.3. The second-order valence-electron chi connectivity index (χ2n) is 21.3. The molecule has 15 heteroatoms. The number of carbonyl (C=O) groups excluding carboxylic acids is 1. The number of hydrogen-bond donors (Lipinski definition) is 10. The van der Waals surface area contributed by atoms with E-state index in [2.05, 4.69) is 26.1 Å². The Balaban J connectivity index is 1.79. The maximum Gasteiger partial charge on any atom is 0.249 e. The van der Waals surface area contributed by atoms with Gasteiger partial charge in [0.2, 0.25) is 5.91 Å². The Bertz CT molecular complexity index is 1220. The van der Waals surface area contributed by atoms with E-state index < -0.39 is 98.8 Å². The number of rotatable bonds is 45. The predicted octanol–water partition coefficient (Wildman–Crippen LogP) is 7.77. The lowest BCUT2D eigenvalue weighted by atomic mass is 9.98. The largest absolute Gasteiger partial charge is 0.390 e.